The Labute approximate surface area is 573 Å². The molecule has 2 unspecified atom stereocenters. The lowest BCUT2D eigenvalue weighted by atomic mass is 9.96. The van der Waals surface area contributed by atoms with Gasteiger partial charge in [0, 0.05) is 48.8 Å². The zero-order valence-electron chi connectivity index (χ0n) is 54.4. The minimum atomic E-state index is -2.20. The zero-order chi connectivity index (χ0) is 72.9. The maximum atomic E-state index is 15.2. The van der Waals surface area contributed by atoms with Gasteiger partial charge in [-0.3, -0.25) is 33.6 Å². The zero-order valence-corrected chi connectivity index (χ0v) is 56.0. The van der Waals surface area contributed by atoms with E-state index < -0.39 is 183 Å². The summed E-state index contributed by atoms with van der Waals surface area (Å²) in [6.45, 7) is 5.29. The number of hydrogen-bond donors (Lipinski definition) is 22. The molecule has 550 valence electrons. The first kappa shape index (κ1) is 80.2. The molecule has 0 radical (unpaired) electrons. The summed E-state index contributed by atoms with van der Waals surface area (Å²) in [5.74, 6) is -8.74. The van der Waals surface area contributed by atoms with Gasteiger partial charge >= 0.3 is 6.09 Å². The van der Waals surface area contributed by atoms with E-state index in [4.69, 9.17) is 58.1 Å². The van der Waals surface area contributed by atoms with E-state index in [1.54, 1.807) is 10.8 Å². The van der Waals surface area contributed by atoms with Crippen LogP contribution < -0.4 is 71.6 Å². The molecule has 28 N–H and O–H groups in total. The lowest BCUT2D eigenvalue weighted by molar-refractivity contribution is -0.372. The lowest BCUT2D eigenvalue weighted by Gasteiger charge is -2.47. The highest BCUT2D eigenvalue weighted by atomic mass is 32.1. The molecule has 4 aromatic heterocycles. The molecule has 99 heavy (non-hydrogen) atoms. The normalized spacial score (nSPS) is 23.6. The van der Waals surface area contributed by atoms with Gasteiger partial charge in [-0.25, -0.2) is 29.7 Å². The molecule has 0 aromatic carbocycles. The molecule has 2 aliphatic rings. The van der Waals surface area contributed by atoms with Crippen LogP contribution >= 0.6 is 22.7 Å². The van der Waals surface area contributed by atoms with Gasteiger partial charge in [0.15, 0.2) is 18.7 Å². The van der Waals surface area contributed by atoms with Gasteiger partial charge < -0.3 is 141 Å². The number of unbranched alkanes of at least 4 members (excludes halogenated alkanes) is 1. The number of nitrogens with two attached hydrogens (primary N) is 6. The molecular formula is C57H89N19O21S2. The van der Waals surface area contributed by atoms with Crippen LogP contribution in [-0.4, -0.2) is 268 Å². The maximum Gasteiger partial charge on any atom is 0.404 e. The highest BCUT2D eigenvalue weighted by Gasteiger charge is 2.54. The van der Waals surface area contributed by atoms with Gasteiger partial charge in [-0.1, -0.05) is 6.92 Å². The summed E-state index contributed by atoms with van der Waals surface area (Å²) < 4.78 is 28.7. The molecule has 2 aliphatic heterocycles. The fourth-order valence-electron chi connectivity index (χ4n) is 10.2. The van der Waals surface area contributed by atoms with Crippen molar-refractivity contribution in [1.82, 2.24) is 67.1 Å². The van der Waals surface area contributed by atoms with Gasteiger partial charge in [-0.15, -0.1) is 22.7 Å². The number of hydrogen-bond acceptors (Lipinski definition) is 33. The number of nitrogen functional groups attached to an aromatic ring is 1. The number of primary amides is 3. The summed E-state index contributed by atoms with van der Waals surface area (Å²) in [5.41, 5.74) is 33.6. The second-order valence-electron chi connectivity index (χ2n) is 23.4. The number of nitrogens with zero attached hydrogens (tertiary/aromatic N) is 5. The van der Waals surface area contributed by atoms with Crippen LogP contribution in [0.5, 0.6) is 0 Å². The molecule has 19 atom stereocenters. The molecule has 4 aromatic rings. The van der Waals surface area contributed by atoms with E-state index in [0.717, 1.165) is 44.9 Å². The third-order valence-electron chi connectivity index (χ3n) is 15.9. The van der Waals surface area contributed by atoms with Crippen molar-refractivity contribution in [3.8, 4) is 10.7 Å². The predicted molar refractivity (Wildman–Crippen MR) is 346 cm³/mol. The van der Waals surface area contributed by atoms with Crippen molar-refractivity contribution in [3.63, 3.8) is 0 Å². The largest absolute Gasteiger partial charge is 0.441 e. The topological polar surface area (TPSA) is 665 Å². The van der Waals surface area contributed by atoms with Gasteiger partial charge in [-0.05, 0) is 59.7 Å². The second-order valence-corrected chi connectivity index (χ2v) is 25.2. The highest BCUT2D eigenvalue weighted by Crippen LogP contribution is 2.35. The quantitative estimate of drug-likeness (QED) is 0.0185. The van der Waals surface area contributed by atoms with Crippen LogP contribution in [0, 0.1) is 12.8 Å². The number of anilines is 1. The number of amides is 8. The van der Waals surface area contributed by atoms with E-state index in [2.05, 4.69) is 67.1 Å². The number of carbonyl (C=O) groups is 8. The van der Waals surface area contributed by atoms with Crippen LogP contribution in [0.1, 0.15) is 102 Å². The molecule has 8 amide bonds. The van der Waals surface area contributed by atoms with E-state index in [1.807, 2.05) is 0 Å². The second kappa shape index (κ2) is 38.2. The number of aliphatic hydroxyl groups is 8. The minimum Gasteiger partial charge on any atom is -0.441 e. The van der Waals surface area contributed by atoms with Gasteiger partial charge in [0.1, 0.15) is 94.6 Å². The number of thiazole rings is 2. The third-order valence-corrected chi connectivity index (χ3v) is 17.7. The van der Waals surface area contributed by atoms with E-state index >= 15 is 4.79 Å². The summed E-state index contributed by atoms with van der Waals surface area (Å²) in [7, 11) is 0. The minimum absolute atomic E-state index is 0.0140. The van der Waals surface area contributed by atoms with Crippen LogP contribution in [0.25, 0.3) is 10.7 Å². The number of H-pyrrole nitrogens is 1. The van der Waals surface area contributed by atoms with Crippen molar-refractivity contribution in [2.45, 2.75) is 170 Å². The van der Waals surface area contributed by atoms with Crippen LogP contribution in [0.3, 0.4) is 0 Å². The average Bonchev–Trinajstić information content (AvgIpc) is 1.07. The number of aliphatic hydroxyl groups excluding tert-OH is 8. The SMILES string of the molecule is Cc1c(N)nc([C@H](CC(N)=O)NC[C@H](N)C(N)=O)nc1C(=O)N[C@H](C(=O)N[C@H](C)[C@@H](O)[C@@H](C)C(=O)NC(C(=O)NCCc1nc(-c2nc(C(=O)NCCCNCCCCN)cs2)cs1)[C@@H](C)O)[C@@H](O[C@@H]1O[C@@H](CO)[C@@H](O)[C@H](O)[C@@H]1OC1O[C@H](CO)[C@@H](O)[C@H](OC(N)=O)[C@@H]1O)c1cnc[nH]1. The number of carbonyl (C=O) groups excluding carboxylic acids is 8. The third kappa shape index (κ3) is 22.1. The van der Waals surface area contributed by atoms with Gasteiger partial charge in [0.25, 0.3) is 11.8 Å². The van der Waals surface area contributed by atoms with Gasteiger partial charge in [0.2, 0.25) is 29.5 Å². The number of ether oxygens (including phenoxy) is 5. The average molecular weight is 1440 g/mol. The van der Waals surface area contributed by atoms with Crippen LogP contribution in [0.4, 0.5) is 10.6 Å². The first-order valence-corrected chi connectivity index (χ1v) is 33.1. The van der Waals surface area contributed by atoms with Crippen LogP contribution in [0.15, 0.2) is 23.3 Å². The Morgan fingerprint density at radius 2 is 1.44 bits per heavy atom. The summed E-state index contributed by atoms with van der Waals surface area (Å²) in [6, 6.07) is -7.87. The van der Waals surface area contributed by atoms with E-state index in [0.29, 0.717) is 28.8 Å². The Bertz CT molecular complexity index is 3320. The first-order valence-electron chi connectivity index (χ1n) is 31.4. The van der Waals surface area contributed by atoms with Crippen LogP contribution in [0.2, 0.25) is 0 Å². The Morgan fingerprint density at radius 1 is 0.747 bits per heavy atom. The molecule has 6 heterocycles. The number of rotatable bonds is 39. The summed E-state index contributed by atoms with van der Waals surface area (Å²) in [6.07, 6.45) is -22.5. The van der Waals surface area contributed by atoms with Crippen molar-refractivity contribution in [1.29, 1.82) is 0 Å². The molecule has 0 spiro atoms. The van der Waals surface area contributed by atoms with Crippen molar-refractivity contribution in [3.05, 3.63) is 56.8 Å². The monoisotopic (exact) mass is 1440 g/mol. The van der Waals surface area contributed by atoms with Gasteiger partial charge in [0.05, 0.1) is 72.7 Å². The van der Waals surface area contributed by atoms with E-state index in [-0.39, 0.29) is 54.0 Å². The summed E-state index contributed by atoms with van der Waals surface area (Å²) >= 11 is 2.50. The Hall–Kier alpha value is -7.73. The van der Waals surface area contributed by atoms with Crippen molar-refractivity contribution < 1.29 is 103 Å². The molecule has 2 fully saturated rings. The molecule has 0 bridgehead atoms. The fourth-order valence-corrected chi connectivity index (χ4v) is 11.8. The van der Waals surface area contributed by atoms with Crippen molar-refractivity contribution in [2.75, 3.05) is 58.2 Å². The number of aromatic nitrogens is 6. The Kier molecular flexibility index (Phi) is 30.9. The molecule has 0 saturated carbocycles. The fraction of sp³-hybridized carbons (Fsp3) is 0.632. The Balaban J connectivity index is 1.23. The Morgan fingerprint density at radius 3 is 2.09 bits per heavy atom. The molecule has 2 saturated heterocycles. The molecule has 40 nitrogen and oxygen atoms in total. The lowest BCUT2D eigenvalue weighted by Crippen LogP contribution is -2.65. The summed E-state index contributed by atoms with van der Waals surface area (Å²) in [4.78, 5) is 131. The van der Waals surface area contributed by atoms with Crippen LogP contribution in [-0.2, 0) is 54.1 Å². The van der Waals surface area contributed by atoms with Gasteiger partial charge in [-0.2, -0.15) is 0 Å². The predicted octanol–water partition coefficient (Wildman–Crippen LogP) is -8.25. The molecule has 6 rings (SSSR count). The standard InChI is InChI=1S/C57H89N19O21S2/c1-22-35(73-48(76-46(22)61)27(14-33(60)80)68-15-26(59)47(62)86)52(90)75-37(43(28-16-65-21-69-28)95-56-45(41(84)39(82)31(17-77)94-56)96-55-42(85)44(97-57(63)92)40(83)32(18-78)93-55)53(91)70-24(3)38(81)23(2)49(87)74-36(25(4)79)51(89)67-13-8-34-71-30(20-98-34)54-72-29(19-99-54)50(88)66-12-7-11-64-10-6-5-9-58/h16,19-21,23-27,31-32,36-45,55-56,64,68,77-79,81-85H,5-15,17-18,58-59H2,1-4H3,(H2,60,80)(H2,62,86)(H2,63,92)(H,65,69)(H,66,88)(H,67,89)(H,70,91)(H,74,87)(H,75,90)(H2,61,73,76)/t23-,24-,25-,26+,27+,31+,32-,36?,37+,38+,39-,40-,41+,42+,43+,44+,45+,55?,56+/m1/s1. The van der Waals surface area contributed by atoms with Crippen molar-refractivity contribution >= 4 is 75.9 Å². The first-order chi connectivity index (χ1) is 47.0. The van der Waals surface area contributed by atoms with Crippen molar-refractivity contribution in [2.24, 2.45) is 34.6 Å². The summed E-state index contributed by atoms with van der Waals surface area (Å²) in [5, 5.41) is 111. The number of nitrogens with one attached hydrogen (secondary N) is 8. The number of imidazole rings is 1. The smallest absolute Gasteiger partial charge is 0.404 e. The molecular weight excluding hydrogens is 1350 g/mol. The molecule has 42 heteroatoms. The number of aromatic amines is 1. The highest BCUT2D eigenvalue weighted by molar-refractivity contribution is 7.14. The van der Waals surface area contributed by atoms with E-state index in [9.17, 15) is 74.4 Å². The molecule has 0 aliphatic carbocycles. The van der Waals surface area contributed by atoms with E-state index in [1.165, 1.54) is 50.4 Å². The maximum absolute atomic E-state index is 15.2.